The Bertz CT molecular complexity index is 627. The number of hydrogen-bond donors (Lipinski definition) is 1. The van der Waals surface area contributed by atoms with Gasteiger partial charge in [0.1, 0.15) is 4.88 Å². The van der Waals surface area contributed by atoms with Crippen LogP contribution >= 0.6 is 11.3 Å². The molecule has 1 atom stereocenters. The van der Waals surface area contributed by atoms with Gasteiger partial charge < -0.3 is 10.2 Å². The van der Waals surface area contributed by atoms with Gasteiger partial charge in [-0.05, 0) is 36.9 Å². The Balaban J connectivity index is 1.46. The summed E-state index contributed by atoms with van der Waals surface area (Å²) in [6, 6.07) is 8.66. The molecule has 116 valence electrons. The Morgan fingerprint density at radius 2 is 2.32 bits per heavy atom. The molecule has 1 aliphatic heterocycles. The zero-order valence-corrected chi connectivity index (χ0v) is 13.6. The van der Waals surface area contributed by atoms with Crippen molar-refractivity contribution in [1.82, 2.24) is 15.2 Å². The van der Waals surface area contributed by atoms with Crippen molar-refractivity contribution in [3.05, 3.63) is 52.0 Å². The molecule has 1 aromatic carbocycles. The fraction of sp³-hybridized carbons (Fsp3) is 0.412. The monoisotopic (exact) mass is 315 g/mol. The number of amides is 1. The van der Waals surface area contributed by atoms with E-state index in [0.29, 0.717) is 17.3 Å². The molecule has 3 rings (SSSR count). The van der Waals surface area contributed by atoms with E-state index < -0.39 is 0 Å². The maximum atomic E-state index is 11.9. The summed E-state index contributed by atoms with van der Waals surface area (Å²) in [5.41, 5.74) is 4.54. The molecular formula is C17H21N3OS. The lowest BCUT2D eigenvalue weighted by Crippen LogP contribution is -2.33. The van der Waals surface area contributed by atoms with Gasteiger partial charge in [-0.2, -0.15) is 0 Å². The number of benzene rings is 1. The fourth-order valence-electron chi connectivity index (χ4n) is 3.08. The lowest BCUT2D eigenvalue weighted by atomic mass is 9.94. The van der Waals surface area contributed by atoms with Gasteiger partial charge in [0.15, 0.2) is 0 Å². The number of aryl methyl sites for hydroxylation is 1. The lowest BCUT2D eigenvalue weighted by molar-refractivity contribution is 0.0953. The van der Waals surface area contributed by atoms with Gasteiger partial charge in [0, 0.05) is 19.6 Å². The highest BCUT2D eigenvalue weighted by molar-refractivity contribution is 7.11. The quantitative estimate of drug-likeness (QED) is 0.922. The molecule has 2 heterocycles. The molecule has 1 fully saturated rings. The summed E-state index contributed by atoms with van der Waals surface area (Å²) in [6.07, 6.45) is 2.82. The first kappa shape index (κ1) is 15.2. The van der Waals surface area contributed by atoms with Gasteiger partial charge in [0.2, 0.25) is 0 Å². The zero-order valence-electron chi connectivity index (χ0n) is 12.8. The maximum absolute atomic E-state index is 11.9. The van der Waals surface area contributed by atoms with Crippen molar-refractivity contribution in [2.24, 2.45) is 0 Å². The van der Waals surface area contributed by atoms with Crippen molar-refractivity contribution >= 4 is 17.2 Å². The predicted molar refractivity (Wildman–Crippen MR) is 89.4 cm³/mol. The summed E-state index contributed by atoms with van der Waals surface area (Å²) in [5, 5.41) is 2.97. The number of carbonyl (C=O) groups excluding carboxylic acids is 1. The Labute approximate surface area is 135 Å². The first-order valence-corrected chi connectivity index (χ1v) is 8.56. The second-order valence-electron chi connectivity index (χ2n) is 5.76. The second-order valence-corrected chi connectivity index (χ2v) is 6.65. The molecule has 1 N–H and O–H groups in total. The molecule has 5 heteroatoms. The standard InChI is InChI=1S/C17H21N3OS/c1-13-4-2-3-5-15(13)14-6-8-20(11-14)9-7-19-17(21)16-10-18-12-22-16/h2-5,10,12,14H,6-9,11H2,1H3,(H,19,21)/t14-/m0/s1. The largest absolute Gasteiger partial charge is 0.350 e. The van der Waals surface area contributed by atoms with Crippen molar-refractivity contribution in [3.8, 4) is 0 Å². The number of likely N-dealkylation sites (tertiary alicyclic amines) is 1. The molecule has 0 radical (unpaired) electrons. The van der Waals surface area contributed by atoms with Crippen LogP contribution in [0.2, 0.25) is 0 Å². The summed E-state index contributed by atoms with van der Waals surface area (Å²) in [6.45, 7) is 5.98. The van der Waals surface area contributed by atoms with E-state index in [2.05, 4.69) is 46.4 Å². The van der Waals surface area contributed by atoms with Crippen LogP contribution in [-0.2, 0) is 0 Å². The predicted octanol–water partition coefficient (Wildman–Crippen LogP) is 2.67. The highest BCUT2D eigenvalue weighted by Crippen LogP contribution is 2.28. The van der Waals surface area contributed by atoms with Crippen molar-refractivity contribution in [2.45, 2.75) is 19.3 Å². The number of rotatable bonds is 5. The van der Waals surface area contributed by atoms with E-state index in [1.54, 1.807) is 11.7 Å². The van der Waals surface area contributed by atoms with Crippen molar-refractivity contribution in [1.29, 1.82) is 0 Å². The van der Waals surface area contributed by atoms with Gasteiger partial charge in [-0.1, -0.05) is 24.3 Å². The summed E-state index contributed by atoms with van der Waals surface area (Å²) >= 11 is 1.38. The zero-order chi connectivity index (χ0) is 15.4. The molecule has 0 spiro atoms. The first-order chi connectivity index (χ1) is 10.7. The van der Waals surface area contributed by atoms with Crippen LogP contribution in [-0.4, -0.2) is 42.0 Å². The Morgan fingerprint density at radius 3 is 3.09 bits per heavy atom. The molecule has 1 aliphatic rings. The number of thiazole rings is 1. The number of carbonyl (C=O) groups is 1. The minimum atomic E-state index is -0.0165. The molecule has 0 bridgehead atoms. The third-order valence-electron chi connectivity index (χ3n) is 4.27. The van der Waals surface area contributed by atoms with E-state index in [4.69, 9.17) is 0 Å². The third-order valence-corrected chi connectivity index (χ3v) is 5.04. The Kier molecular flexibility index (Phi) is 4.85. The van der Waals surface area contributed by atoms with Gasteiger partial charge in [-0.25, -0.2) is 0 Å². The summed E-state index contributed by atoms with van der Waals surface area (Å²) < 4.78 is 0. The highest BCUT2D eigenvalue weighted by Gasteiger charge is 2.24. The maximum Gasteiger partial charge on any atom is 0.263 e. The lowest BCUT2D eigenvalue weighted by Gasteiger charge is -2.17. The average molecular weight is 315 g/mol. The molecule has 2 aromatic rings. The van der Waals surface area contributed by atoms with E-state index in [0.717, 1.165) is 19.6 Å². The number of nitrogens with one attached hydrogen (secondary N) is 1. The highest BCUT2D eigenvalue weighted by atomic mass is 32.1. The molecule has 22 heavy (non-hydrogen) atoms. The van der Waals surface area contributed by atoms with Crippen LogP contribution in [0.3, 0.4) is 0 Å². The molecule has 1 amide bonds. The minimum absolute atomic E-state index is 0.0165. The molecule has 0 aliphatic carbocycles. The normalized spacial score (nSPS) is 18.5. The van der Waals surface area contributed by atoms with Crippen LogP contribution in [0.1, 0.15) is 33.1 Å². The van der Waals surface area contributed by atoms with Gasteiger partial charge in [0.05, 0.1) is 11.7 Å². The summed E-state index contributed by atoms with van der Waals surface area (Å²) in [7, 11) is 0. The molecule has 0 unspecified atom stereocenters. The van der Waals surface area contributed by atoms with E-state index >= 15 is 0 Å². The van der Waals surface area contributed by atoms with E-state index in [1.807, 2.05) is 0 Å². The van der Waals surface area contributed by atoms with Crippen LogP contribution in [0, 0.1) is 6.92 Å². The van der Waals surface area contributed by atoms with Crippen LogP contribution in [0.5, 0.6) is 0 Å². The second kappa shape index (κ2) is 7.03. The number of hydrogen-bond acceptors (Lipinski definition) is 4. The van der Waals surface area contributed by atoms with Crippen LogP contribution in [0.25, 0.3) is 0 Å². The summed E-state index contributed by atoms with van der Waals surface area (Å²) in [5.74, 6) is 0.607. The van der Waals surface area contributed by atoms with Gasteiger partial charge >= 0.3 is 0 Å². The van der Waals surface area contributed by atoms with Crippen LogP contribution < -0.4 is 5.32 Å². The topological polar surface area (TPSA) is 45.2 Å². The van der Waals surface area contributed by atoms with Gasteiger partial charge in [-0.15, -0.1) is 11.3 Å². The minimum Gasteiger partial charge on any atom is -0.350 e. The van der Waals surface area contributed by atoms with Crippen molar-refractivity contribution in [2.75, 3.05) is 26.2 Å². The summed E-state index contributed by atoms with van der Waals surface area (Å²) in [4.78, 5) is 18.9. The SMILES string of the molecule is Cc1ccccc1[C@H]1CCN(CCNC(=O)c2cncs2)C1. The molecule has 4 nitrogen and oxygen atoms in total. The Morgan fingerprint density at radius 1 is 1.45 bits per heavy atom. The van der Waals surface area contributed by atoms with Crippen LogP contribution in [0.15, 0.2) is 36.0 Å². The first-order valence-electron chi connectivity index (χ1n) is 7.68. The van der Waals surface area contributed by atoms with E-state index in [9.17, 15) is 4.79 Å². The van der Waals surface area contributed by atoms with Gasteiger partial charge in [-0.3, -0.25) is 9.78 Å². The molecule has 0 saturated carbocycles. The Hall–Kier alpha value is -1.72. The molecule has 1 saturated heterocycles. The third kappa shape index (κ3) is 3.54. The smallest absolute Gasteiger partial charge is 0.263 e. The van der Waals surface area contributed by atoms with E-state index in [-0.39, 0.29) is 5.91 Å². The number of nitrogens with zero attached hydrogens (tertiary/aromatic N) is 2. The van der Waals surface area contributed by atoms with E-state index in [1.165, 1.54) is 28.9 Å². The fourth-order valence-corrected chi connectivity index (χ4v) is 3.61. The van der Waals surface area contributed by atoms with Gasteiger partial charge in [0.25, 0.3) is 5.91 Å². The van der Waals surface area contributed by atoms with Crippen LogP contribution in [0.4, 0.5) is 0 Å². The van der Waals surface area contributed by atoms with Crippen molar-refractivity contribution < 1.29 is 4.79 Å². The molecule has 1 aromatic heterocycles. The average Bonchev–Trinajstić information content (AvgIpc) is 3.19. The van der Waals surface area contributed by atoms with Crippen molar-refractivity contribution in [3.63, 3.8) is 0 Å². The molecular weight excluding hydrogens is 294 g/mol. The number of aromatic nitrogens is 1.